The normalized spacial score (nSPS) is 11.4. The first-order valence-corrected chi connectivity index (χ1v) is 7.80. The summed E-state index contributed by atoms with van der Waals surface area (Å²) in [5, 5.41) is 12.0. The average Bonchev–Trinajstić information content (AvgIpc) is 2.52. The number of ether oxygens (including phenoxy) is 3. The highest BCUT2D eigenvalue weighted by Gasteiger charge is 2.15. The zero-order valence-corrected chi connectivity index (χ0v) is 15.0. The number of benzene rings is 1. The Morgan fingerprint density at radius 3 is 2.25 bits per heavy atom. The van der Waals surface area contributed by atoms with Crippen LogP contribution in [0.1, 0.15) is 38.3 Å². The first kappa shape index (κ1) is 19.8. The third-order valence-corrected chi connectivity index (χ3v) is 3.05. The molecule has 24 heavy (non-hydrogen) atoms. The minimum atomic E-state index is -0.505. The maximum atomic E-state index is 11.5. The molecule has 0 spiro atoms. The van der Waals surface area contributed by atoms with Crippen LogP contribution in [0.2, 0.25) is 0 Å². The summed E-state index contributed by atoms with van der Waals surface area (Å²) in [5.74, 6) is 1.24. The molecule has 0 aliphatic rings. The minimum Gasteiger partial charge on any atom is -0.496 e. The largest absolute Gasteiger partial charge is 0.496 e. The van der Waals surface area contributed by atoms with Crippen LogP contribution in [-0.2, 0) is 11.3 Å². The number of nitrogens with one attached hydrogen (secondary N) is 1. The first-order chi connectivity index (χ1) is 11.3. The Morgan fingerprint density at radius 2 is 1.79 bits per heavy atom. The summed E-state index contributed by atoms with van der Waals surface area (Å²) in [5.41, 5.74) is 0.997. The highest BCUT2D eigenvalue weighted by atomic mass is 16.6. The van der Waals surface area contributed by atoms with Gasteiger partial charge in [0.2, 0.25) is 0 Å². The van der Waals surface area contributed by atoms with Gasteiger partial charge in [0, 0.05) is 6.54 Å². The zero-order chi connectivity index (χ0) is 18.2. The fourth-order valence-electron chi connectivity index (χ4n) is 2.02. The molecule has 0 fully saturated rings. The van der Waals surface area contributed by atoms with Crippen LogP contribution in [0.4, 0.5) is 4.79 Å². The molecule has 1 aromatic carbocycles. The molecule has 0 aliphatic carbocycles. The summed E-state index contributed by atoms with van der Waals surface area (Å²) < 4.78 is 15.9. The van der Waals surface area contributed by atoms with Crippen molar-refractivity contribution in [3.63, 3.8) is 0 Å². The van der Waals surface area contributed by atoms with Crippen molar-refractivity contribution in [2.45, 2.75) is 39.4 Å². The van der Waals surface area contributed by atoms with Crippen molar-refractivity contribution < 1.29 is 24.1 Å². The average molecular weight is 337 g/mol. The van der Waals surface area contributed by atoms with Crippen molar-refractivity contribution in [3.05, 3.63) is 29.3 Å². The fourth-order valence-corrected chi connectivity index (χ4v) is 2.02. The molecule has 0 aliphatic heterocycles. The van der Waals surface area contributed by atoms with Crippen LogP contribution in [0.3, 0.4) is 0 Å². The number of hydrogen-bond acceptors (Lipinski definition) is 5. The van der Waals surface area contributed by atoms with Crippen LogP contribution < -0.4 is 14.8 Å². The molecule has 1 amide bonds. The number of rotatable bonds is 7. The van der Waals surface area contributed by atoms with Gasteiger partial charge in [-0.2, -0.15) is 0 Å². The fraction of sp³-hybridized carbons (Fsp3) is 0.500. The second kappa shape index (κ2) is 9.17. The van der Waals surface area contributed by atoms with Gasteiger partial charge in [0.1, 0.15) is 17.1 Å². The number of alkyl carbamates (subject to hydrolysis) is 1. The molecule has 6 nitrogen and oxygen atoms in total. The molecule has 0 atom stereocenters. The molecule has 0 bridgehead atoms. The van der Waals surface area contributed by atoms with Gasteiger partial charge < -0.3 is 24.6 Å². The molecule has 0 saturated carbocycles. The van der Waals surface area contributed by atoms with Crippen LogP contribution >= 0.6 is 0 Å². The predicted octanol–water partition coefficient (Wildman–Crippen LogP) is 3.12. The van der Waals surface area contributed by atoms with E-state index in [2.05, 4.69) is 5.32 Å². The Balaban J connectivity index is 2.66. The molecule has 1 aromatic rings. The van der Waals surface area contributed by atoms with Crippen LogP contribution in [0.15, 0.2) is 18.2 Å². The predicted molar refractivity (Wildman–Crippen MR) is 93.4 cm³/mol. The van der Waals surface area contributed by atoms with E-state index >= 15 is 0 Å². The van der Waals surface area contributed by atoms with E-state index in [0.29, 0.717) is 30.0 Å². The van der Waals surface area contributed by atoms with Gasteiger partial charge in [-0.1, -0.05) is 12.2 Å². The van der Waals surface area contributed by atoms with Crippen molar-refractivity contribution >= 4 is 12.2 Å². The van der Waals surface area contributed by atoms with E-state index in [4.69, 9.17) is 14.2 Å². The van der Waals surface area contributed by atoms with Crippen LogP contribution in [-0.4, -0.2) is 37.6 Å². The number of carbonyl (C=O) groups is 1. The van der Waals surface area contributed by atoms with E-state index < -0.39 is 11.7 Å². The number of carbonyl (C=O) groups excluding carboxylic acids is 1. The van der Waals surface area contributed by atoms with E-state index in [0.717, 1.165) is 5.56 Å². The second-order valence-corrected chi connectivity index (χ2v) is 6.19. The molecule has 0 unspecified atom stereocenters. The number of aliphatic hydroxyl groups is 1. The number of amides is 1. The topological polar surface area (TPSA) is 77.0 Å². The standard InChI is InChI=1S/C18H27NO5/c1-18(2,3)24-17(21)19-9-7-6-8-14-15(22-4)10-13(12-20)11-16(14)23-5/h6,8,10-11,20H,7,9,12H2,1-5H3,(H,19,21). The van der Waals surface area contributed by atoms with Crippen molar-refractivity contribution in [1.29, 1.82) is 0 Å². The summed E-state index contributed by atoms with van der Waals surface area (Å²) in [6.07, 6.45) is 3.98. The molecular formula is C18H27NO5. The summed E-state index contributed by atoms with van der Waals surface area (Å²) in [6.45, 7) is 5.84. The molecule has 6 heteroatoms. The monoisotopic (exact) mass is 337 g/mol. The lowest BCUT2D eigenvalue weighted by Crippen LogP contribution is -2.32. The van der Waals surface area contributed by atoms with E-state index in [1.54, 1.807) is 26.4 Å². The Bertz CT molecular complexity index is 550. The molecule has 2 N–H and O–H groups in total. The van der Waals surface area contributed by atoms with Crippen molar-refractivity contribution in [2.75, 3.05) is 20.8 Å². The lowest BCUT2D eigenvalue weighted by molar-refractivity contribution is 0.0529. The summed E-state index contributed by atoms with van der Waals surface area (Å²) in [6, 6.07) is 3.53. The Hall–Kier alpha value is -2.21. The van der Waals surface area contributed by atoms with Crippen LogP contribution in [0.25, 0.3) is 6.08 Å². The maximum absolute atomic E-state index is 11.5. The molecule has 0 aromatic heterocycles. The first-order valence-electron chi connectivity index (χ1n) is 7.80. The van der Waals surface area contributed by atoms with Crippen LogP contribution in [0.5, 0.6) is 11.5 Å². The molecule has 0 heterocycles. The lowest BCUT2D eigenvalue weighted by atomic mass is 10.1. The van der Waals surface area contributed by atoms with Gasteiger partial charge in [0.15, 0.2) is 0 Å². The molecule has 0 saturated heterocycles. The summed E-state index contributed by atoms with van der Waals surface area (Å²) in [4.78, 5) is 11.5. The Morgan fingerprint density at radius 1 is 1.21 bits per heavy atom. The molecular weight excluding hydrogens is 310 g/mol. The van der Waals surface area contributed by atoms with Gasteiger partial charge in [0.05, 0.1) is 26.4 Å². The van der Waals surface area contributed by atoms with Gasteiger partial charge >= 0.3 is 6.09 Å². The highest BCUT2D eigenvalue weighted by molar-refractivity contribution is 5.68. The Labute approximate surface area is 143 Å². The van der Waals surface area contributed by atoms with Gasteiger partial charge in [-0.05, 0) is 44.9 Å². The van der Waals surface area contributed by atoms with Gasteiger partial charge in [-0.3, -0.25) is 0 Å². The Kier molecular flexibility index (Phi) is 7.58. The molecule has 0 radical (unpaired) electrons. The van der Waals surface area contributed by atoms with Gasteiger partial charge in [-0.25, -0.2) is 4.79 Å². The molecule has 1 rings (SSSR count). The van der Waals surface area contributed by atoms with Crippen LogP contribution in [0, 0.1) is 0 Å². The number of methoxy groups -OCH3 is 2. The van der Waals surface area contributed by atoms with Crippen molar-refractivity contribution in [3.8, 4) is 11.5 Å². The number of hydrogen-bond donors (Lipinski definition) is 2. The maximum Gasteiger partial charge on any atom is 0.407 e. The minimum absolute atomic E-state index is 0.0868. The summed E-state index contributed by atoms with van der Waals surface area (Å²) >= 11 is 0. The van der Waals surface area contributed by atoms with Crippen molar-refractivity contribution in [2.24, 2.45) is 0 Å². The molecule has 134 valence electrons. The van der Waals surface area contributed by atoms with E-state index in [1.807, 2.05) is 32.9 Å². The third-order valence-electron chi connectivity index (χ3n) is 3.05. The number of aliphatic hydroxyl groups excluding tert-OH is 1. The quantitative estimate of drug-likeness (QED) is 0.748. The summed E-state index contributed by atoms with van der Waals surface area (Å²) in [7, 11) is 3.13. The van der Waals surface area contributed by atoms with E-state index in [9.17, 15) is 9.90 Å². The van der Waals surface area contributed by atoms with Gasteiger partial charge in [0.25, 0.3) is 0 Å². The van der Waals surface area contributed by atoms with E-state index in [1.165, 1.54) is 0 Å². The second-order valence-electron chi connectivity index (χ2n) is 6.19. The smallest absolute Gasteiger partial charge is 0.407 e. The SMILES string of the molecule is COc1cc(CO)cc(OC)c1C=CCCNC(=O)OC(C)(C)C. The zero-order valence-electron chi connectivity index (χ0n) is 15.0. The van der Waals surface area contributed by atoms with E-state index in [-0.39, 0.29) is 6.61 Å². The van der Waals surface area contributed by atoms with Crippen molar-refractivity contribution in [1.82, 2.24) is 5.32 Å². The lowest BCUT2D eigenvalue weighted by Gasteiger charge is -2.19. The third kappa shape index (κ3) is 6.50. The van der Waals surface area contributed by atoms with Gasteiger partial charge in [-0.15, -0.1) is 0 Å². The highest BCUT2D eigenvalue weighted by Crippen LogP contribution is 2.32.